The van der Waals surface area contributed by atoms with Gasteiger partial charge >= 0.3 is 0 Å². The molecule has 1 heterocycles. The van der Waals surface area contributed by atoms with Crippen molar-refractivity contribution in [1.29, 1.82) is 0 Å². The monoisotopic (exact) mass is 327 g/mol. The molecule has 0 radical (unpaired) electrons. The normalized spacial score (nSPS) is 12.6. The van der Waals surface area contributed by atoms with E-state index in [4.69, 9.17) is 23.2 Å². The Kier molecular flexibility index (Phi) is 5.48. The summed E-state index contributed by atoms with van der Waals surface area (Å²) in [6, 6.07) is 5.15. The van der Waals surface area contributed by atoms with Crippen molar-refractivity contribution in [3.63, 3.8) is 0 Å². The molecule has 0 fully saturated rings. The number of nitrogens with zero attached hydrogens (tertiary/aromatic N) is 2. The number of carbonyl (C=O) groups is 1. The highest BCUT2D eigenvalue weighted by atomic mass is 35.5. The Labute approximate surface area is 134 Å². The van der Waals surface area contributed by atoms with Crippen LogP contribution in [0.1, 0.15) is 32.1 Å². The average Bonchev–Trinajstić information content (AvgIpc) is 2.81. The van der Waals surface area contributed by atoms with Gasteiger partial charge in [-0.25, -0.2) is 4.98 Å². The van der Waals surface area contributed by atoms with Crippen LogP contribution in [0.2, 0.25) is 5.02 Å². The molecule has 0 saturated heterocycles. The maximum absolute atomic E-state index is 12.3. The van der Waals surface area contributed by atoms with Gasteiger partial charge in [-0.05, 0) is 31.5 Å². The summed E-state index contributed by atoms with van der Waals surface area (Å²) >= 11 is 11.9. The van der Waals surface area contributed by atoms with Crippen LogP contribution in [-0.2, 0) is 11.2 Å². The van der Waals surface area contributed by atoms with Gasteiger partial charge in [0.05, 0.1) is 11.0 Å². The molecule has 1 amide bonds. The van der Waals surface area contributed by atoms with Crippen LogP contribution in [0, 0.1) is 0 Å². The van der Waals surface area contributed by atoms with Crippen LogP contribution in [0.3, 0.4) is 0 Å². The first-order valence-electron chi connectivity index (χ1n) is 7.08. The summed E-state index contributed by atoms with van der Waals surface area (Å²) in [7, 11) is 0. The highest BCUT2D eigenvalue weighted by Crippen LogP contribution is 2.25. The predicted octanol–water partition coefficient (Wildman–Crippen LogP) is 3.56. The Bertz CT molecular complexity index is 639. The fourth-order valence-electron chi connectivity index (χ4n) is 2.32. The van der Waals surface area contributed by atoms with E-state index in [2.05, 4.69) is 10.3 Å². The number of amides is 1. The molecule has 114 valence electrons. The molecule has 1 aromatic heterocycles. The lowest BCUT2D eigenvalue weighted by Gasteiger charge is -2.17. The zero-order valence-corrected chi connectivity index (χ0v) is 13.7. The van der Waals surface area contributed by atoms with Crippen molar-refractivity contribution in [3.8, 4) is 0 Å². The summed E-state index contributed by atoms with van der Waals surface area (Å²) < 4.78 is 1.93. The van der Waals surface area contributed by atoms with Crippen molar-refractivity contribution >= 4 is 40.1 Å². The predicted molar refractivity (Wildman–Crippen MR) is 87.2 cm³/mol. The van der Waals surface area contributed by atoms with Gasteiger partial charge in [-0.1, -0.05) is 18.5 Å². The highest BCUT2D eigenvalue weighted by Gasteiger charge is 2.21. The lowest BCUT2D eigenvalue weighted by molar-refractivity contribution is -0.123. The lowest BCUT2D eigenvalue weighted by atomic mass is 10.2. The lowest BCUT2D eigenvalue weighted by Crippen LogP contribution is -2.32. The Morgan fingerprint density at radius 2 is 2.24 bits per heavy atom. The van der Waals surface area contributed by atoms with Gasteiger partial charge in [0, 0.05) is 23.9 Å². The Balaban J connectivity index is 2.45. The number of carbonyl (C=O) groups excluding carboxylic acids is 1. The second-order valence-electron chi connectivity index (χ2n) is 4.94. The second-order valence-corrected chi connectivity index (χ2v) is 5.75. The maximum Gasteiger partial charge on any atom is 0.242 e. The minimum Gasteiger partial charge on any atom is -0.354 e. The highest BCUT2D eigenvalue weighted by molar-refractivity contribution is 6.31. The topological polar surface area (TPSA) is 46.9 Å². The molecule has 0 bridgehead atoms. The van der Waals surface area contributed by atoms with Crippen LogP contribution in [0.4, 0.5) is 0 Å². The van der Waals surface area contributed by atoms with Gasteiger partial charge in [-0.2, -0.15) is 0 Å². The zero-order chi connectivity index (χ0) is 15.4. The zero-order valence-electron chi connectivity index (χ0n) is 12.2. The first-order valence-corrected chi connectivity index (χ1v) is 7.99. The van der Waals surface area contributed by atoms with Crippen LogP contribution in [-0.4, -0.2) is 27.9 Å². The van der Waals surface area contributed by atoms with Gasteiger partial charge in [0.2, 0.25) is 5.91 Å². The Morgan fingerprint density at radius 1 is 1.48 bits per heavy atom. The SMILES string of the molecule is CCCNC(=O)C(C)n1c(CCCl)nc2ccc(Cl)cc21. The Hall–Kier alpha value is -1.26. The molecule has 21 heavy (non-hydrogen) atoms. The third-order valence-electron chi connectivity index (χ3n) is 3.36. The quantitative estimate of drug-likeness (QED) is 0.824. The number of fused-ring (bicyclic) bond motifs is 1. The summed E-state index contributed by atoms with van der Waals surface area (Å²) in [4.78, 5) is 16.8. The summed E-state index contributed by atoms with van der Waals surface area (Å²) in [5.74, 6) is 1.24. The van der Waals surface area contributed by atoms with E-state index >= 15 is 0 Å². The van der Waals surface area contributed by atoms with E-state index in [-0.39, 0.29) is 11.9 Å². The summed E-state index contributed by atoms with van der Waals surface area (Å²) in [5.41, 5.74) is 1.69. The molecule has 0 aliphatic rings. The summed E-state index contributed by atoms with van der Waals surface area (Å²) in [5, 5.41) is 3.54. The van der Waals surface area contributed by atoms with Gasteiger partial charge < -0.3 is 9.88 Å². The number of hydrogen-bond acceptors (Lipinski definition) is 2. The summed E-state index contributed by atoms with van der Waals surface area (Å²) in [6.45, 7) is 4.56. The van der Waals surface area contributed by atoms with Crippen LogP contribution >= 0.6 is 23.2 Å². The average molecular weight is 328 g/mol. The fraction of sp³-hybridized carbons (Fsp3) is 0.467. The van der Waals surface area contributed by atoms with E-state index in [9.17, 15) is 4.79 Å². The largest absolute Gasteiger partial charge is 0.354 e. The number of rotatable bonds is 6. The molecule has 2 aromatic rings. The van der Waals surface area contributed by atoms with Crippen LogP contribution in [0.5, 0.6) is 0 Å². The molecular weight excluding hydrogens is 309 g/mol. The first kappa shape index (κ1) is 16.1. The van der Waals surface area contributed by atoms with Crippen LogP contribution < -0.4 is 5.32 Å². The van der Waals surface area contributed by atoms with E-state index in [1.54, 1.807) is 6.07 Å². The molecule has 0 aliphatic carbocycles. The van der Waals surface area contributed by atoms with Crippen molar-refractivity contribution in [2.75, 3.05) is 12.4 Å². The number of nitrogens with one attached hydrogen (secondary N) is 1. The van der Waals surface area contributed by atoms with Gasteiger partial charge in [-0.3, -0.25) is 4.79 Å². The number of aryl methyl sites for hydroxylation is 1. The summed E-state index contributed by atoms with van der Waals surface area (Å²) in [6.07, 6.45) is 1.52. The smallest absolute Gasteiger partial charge is 0.242 e. The number of aromatic nitrogens is 2. The molecule has 1 unspecified atom stereocenters. The van der Waals surface area contributed by atoms with E-state index in [1.165, 1.54) is 0 Å². The van der Waals surface area contributed by atoms with E-state index in [0.717, 1.165) is 23.3 Å². The van der Waals surface area contributed by atoms with E-state index < -0.39 is 0 Å². The molecule has 0 saturated carbocycles. The van der Waals surface area contributed by atoms with Crippen LogP contribution in [0.15, 0.2) is 18.2 Å². The molecule has 6 heteroatoms. The van der Waals surface area contributed by atoms with Gasteiger partial charge in [-0.15, -0.1) is 11.6 Å². The molecular formula is C15H19Cl2N3O. The minimum absolute atomic E-state index is 0.0213. The van der Waals surface area contributed by atoms with Crippen molar-refractivity contribution in [1.82, 2.24) is 14.9 Å². The number of halogens is 2. The van der Waals surface area contributed by atoms with Crippen LogP contribution in [0.25, 0.3) is 11.0 Å². The third kappa shape index (κ3) is 3.50. The second kappa shape index (κ2) is 7.14. The molecule has 1 atom stereocenters. The number of benzene rings is 1. The molecule has 1 N–H and O–H groups in total. The standard InChI is InChI=1S/C15H19Cl2N3O/c1-3-8-18-15(21)10(2)20-13-9-11(17)4-5-12(13)19-14(20)6-7-16/h4-5,9-10H,3,6-8H2,1-2H3,(H,18,21). The molecule has 2 rings (SSSR count). The van der Waals surface area contributed by atoms with Gasteiger partial charge in [0.15, 0.2) is 0 Å². The number of hydrogen-bond donors (Lipinski definition) is 1. The van der Waals surface area contributed by atoms with Crippen molar-refractivity contribution in [2.24, 2.45) is 0 Å². The molecule has 0 aliphatic heterocycles. The van der Waals surface area contributed by atoms with E-state index in [0.29, 0.717) is 23.9 Å². The third-order valence-corrected chi connectivity index (χ3v) is 3.78. The molecule has 0 spiro atoms. The molecule has 4 nitrogen and oxygen atoms in total. The number of imidazole rings is 1. The van der Waals surface area contributed by atoms with E-state index in [1.807, 2.05) is 30.5 Å². The van der Waals surface area contributed by atoms with Crippen molar-refractivity contribution in [2.45, 2.75) is 32.7 Å². The molecule has 1 aromatic carbocycles. The van der Waals surface area contributed by atoms with Gasteiger partial charge in [0.1, 0.15) is 11.9 Å². The first-order chi connectivity index (χ1) is 10.1. The maximum atomic E-state index is 12.3. The van der Waals surface area contributed by atoms with Crippen molar-refractivity contribution < 1.29 is 4.79 Å². The van der Waals surface area contributed by atoms with Gasteiger partial charge in [0.25, 0.3) is 0 Å². The number of alkyl halides is 1. The fourth-order valence-corrected chi connectivity index (χ4v) is 2.66. The minimum atomic E-state index is -0.349. The van der Waals surface area contributed by atoms with Crippen molar-refractivity contribution in [3.05, 3.63) is 29.0 Å². The Morgan fingerprint density at radius 3 is 2.90 bits per heavy atom.